The fourth-order valence-corrected chi connectivity index (χ4v) is 6.29. The summed E-state index contributed by atoms with van der Waals surface area (Å²) in [6.07, 6.45) is -0.591. The van der Waals surface area contributed by atoms with Crippen molar-refractivity contribution >= 4 is 17.6 Å². The highest BCUT2D eigenvalue weighted by molar-refractivity contribution is 5.94. The van der Waals surface area contributed by atoms with E-state index >= 15 is 0 Å². The van der Waals surface area contributed by atoms with Crippen molar-refractivity contribution in [2.75, 3.05) is 38.0 Å². The third kappa shape index (κ3) is 6.87. The lowest BCUT2D eigenvalue weighted by Gasteiger charge is -2.43. The SMILES string of the molecule is [2H]C1([2H])CN([C@@H]2CCN(C(=O)c3cc(NC4CCN(C(=O)c5ccccc5)CC4)nc(OC(C)C)n3)C[C@H]2O)Cc2ccccc21. The van der Waals surface area contributed by atoms with Crippen LogP contribution in [0.5, 0.6) is 6.01 Å². The standard InChI is InChI=1S/C34H42N6O4/c1-23(2)44-34-36-28(20-31(37-34)35-27-13-17-38(18-14-27)32(42)25-9-4-3-5-10-25)33(43)40-19-15-29(30(41)22-40)39-16-12-24-8-6-7-11-26(24)21-39/h3-11,20,23,27,29-30,41H,12-19,21-22H2,1-2H3,(H,35,36,37)/t29-,30-/m1/s1/i12D2. The van der Waals surface area contributed by atoms with Crippen molar-refractivity contribution in [3.8, 4) is 6.01 Å². The first kappa shape index (κ1) is 27.5. The molecule has 1 aromatic heterocycles. The molecule has 232 valence electrons. The van der Waals surface area contributed by atoms with Gasteiger partial charge in [0.2, 0.25) is 0 Å². The largest absolute Gasteiger partial charge is 0.461 e. The molecule has 3 aliphatic rings. The number of ether oxygens (including phenoxy) is 1. The normalized spacial score (nSPS) is 23.0. The number of anilines is 1. The molecule has 2 fully saturated rings. The van der Waals surface area contributed by atoms with Gasteiger partial charge in [0.1, 0.15) is 11.5 Å². The monoisotopic (exact) mass is 600 g/mol. The van der Waals surface area contributed by atoms with Gasteiger partial charge >= 0.3 is 6.01 Å². The van der Waals surface area contributed by atoms with E-state index in [1.54, 1.807) is 11.0 Å². The van der Waals surface area contributed by atoms with Crippen molar-refractivity contribution in [2.45, 2.75) is 70.3 Å². The molecule has 3 aliphatic heterocycles. The number of β-amino-alcohol motifs (C(OH)–C–C–N with tert-alkyl or cyclic N) is 1. The molecule has 6 rings (SSSR count). The smallest absolute Gasteiger partial charge is 0.319 e. The maximum absolute atomic E-state index is 13.8. The lowest BCUT2D eigenvalue weighted by Crippen LogP contribution is -2.56. The van der Waals surface area contributed by atoms with Crippen LogP contribution < -0.4 is 10.1 Å². The number of aliphatic hydroxyl groups is 1. The number of hydrogen-bond acceptors (Lipinski definition) is 8. The number of amides is 2. The predicted molar refractivity (Wildman–Crippen MR) is 168 cm³/mol. The topological polar surface area (TPSA) is 111 Å². The average molecular weight is 601 g/mol. The molecular formula is C34H42N6O4. The second-order valence-electron chi connectivity index (χ2n) is 12.1. The lowest BCUT2D eigenvalue weighted by molar-refractivity contribution is -0.0139. The number of aliphatic hydroxyl groups excluding tert-OH is 1. The van der Waals surface area contributed by atoms with E-state index < -0.39 is 12.5 Å². The number of piperidine rings is 2. The van der Waals surface area contributed by atoms with Gasteiger partial charge in [-0.25, -0.2) is 0 Å². The van der Waals surface area contributed by atoms with Crippen LogP contribution in [-0.4, -0.2) is 98.6 Å². The predicted octanol–water partition coefficient (Wildman–Crippen LogP) is 3.61. The summed E-state index contributed by atoms with van der Waals surface area (Å²) >= 11 is 0. The third-order valence-electron chi connectivity index (χ3n) is 8.59. The van der Waals surface area contributed by atoms with Gasteiger partial charge < -0.3 is 25.0 Å². The molecule has 2 amide bonds. The molecule has 0 radical (unpaired) electrons. The van der Waals surface area contributed by atoms with Crippen LogP contribution in [0.25, 0.3) is 0 Å². The molecule has 0 bridgehead atoms. The van der Waals surface area contributed by atoms with Gasteiger partial charge in [0.25, 0.3) is 11.8 Å². The molecule has 3 aromatic rings. The minimum Gasteiger partial charge on any atom is -0.461 e. The lowest BCUT2D eigenvalue weighted by atomic mass is 9.94. The summed E-state index contributed by atoms with van der Waals surface area (Å²) in [6, 6.07) is 18.3. The Bertz CT molecular complexity index is 1550. The number of fused-ring (bicyclic) bond motifs is 1. The molecule has 10 nitrogen and oxygen atoms in total. The van der Waals surface area contributed by atoms with E-state index in [0.717, 1.165) is 18.4 Å². The van der Waals surface area contributed by atoms with Crippen LogP contribution in [0.1, 0.15) is 67.8 Å². The highest BCUT2D eigenvalue weighted by atomic mass is 16.5. The van der Waals surface area contributed by atoms with Gasteiger partial charge in [0.05, 0.1) is 12.2 Å². The van der Waals surface area contributed by atoms with E-state index in [4.69, 9.17) is 7.48 Å². The minimum atomic E-state index is -1.52. The quantitative estimate of drug-likeness (QED) is 0.423. The number of nitrogens with one attached hydrogen (secondary N) is 1. The fourth-order valence-electron chi connectivity index (χ4n) is 6.29. The third-order valence-corrected chi connectivity index (χ3v) is 8.59. The van der Waals surface area contributed by atoms with Gasteiger partial charge in [-0.15, -0.1) is 0 Å². The molecule has 0 saturated carbocycles. The Morgan fingerprint density at radius 3 is 2.36 bits per heavy atom. The number of likely N-dealkylation sites (tertiary alicyclic amines) is 2. The van der Waals surface area contributed by atoms with E-state index in [9.17, 15) is 14.7 Å². The second-order valence-corrected chi connectivity index (χ2v) is 12.1. The van der Waals surface area contributed by atoms with E-state index in [1.807, 2.05) is 78.2 Å². The first-order valence-electron chi connectivity index (χ1n) is 16.5. The van der Waals surface area contributed by atoms with Gasteiger partial charge in [-0.3, -0.25) is 14.5 Å². The number of carbonyl (C=O) groups is 2. The van der Waals surface area contributed by atoms with Crippen LogP contribution in [0, 0.1) is 0 Å². The van der Waals surface area contributed by atoms with Crippen molar-refractivity contribution < 1.29 is 22.2 Å². The van der Waals surface area contributed by atoms with Crippen LogP contribution in [-0.2, 0) is 12.9 Å². The molecule has 2 aromatic carbocycles. The van der Waals surface area contributed by atoms with E-state index in [-0.39, 0.29) is 54.8 Å². The molecule has 0 aliphatic carbocycles. The molecular weight excluding hydrogens is 556 g/mol. The van der Waals surface area contributed by atoms with Gasteiger partial charge in [-0.1, -0.05) is 42.5 Å². The Balaban J connectivity index is 1.11. The summed E-state index contributed by atoms with van der Waals surface area (Å²) in [5.74, 6) is 0.182. The maximum atomic E-state index is 13.8. The minimum absolute atomic E-state index is 0.0244. The molecule has 10 heteroatoms. The van der Waals surface area contributed by atoms with Crippen LogP contribution in [0.15, 0.2) is 60.7 Å². The van der Waals surface area contributed by atoms with Crippen molar-refractivity contribution in [3.05, 3.63) is 83.0 Å². The summed E-state index contributed by atoms with van der Waals surface area (Å²) in [4.78, 5) is 41.1. The molecule has 0 unspecified atom stereocenters. The summed E-state index contributed by atoms with van der Waals surface area (Å²) < 4.78 is 23.0. The van der Waals surface area contributed by atoms with E-state index in [1.165, 1.54) is 0 Å². The van der Waals surface area contributed by atoms with Gasteiger partial charge in [0.15, 0.2) is 0 Å². The summed E-state index contributed by atoms with van der Waals surface area (Å²) in [6.45, 7) is 6.22. The molecule has 4 heterocycles. The number of rotatable bonds is 7. The zero-order chi connectivity index (χ0) is 32.4. The summed E-state index contributed by atoms with van der Waals surface area (Å²) in [5.41, 5.74) is 2.49. The van der Waals surface area contributed by atoms with Gasteiger partial charge in [-0.05, 0) is 62.7 Å². The van der Waals surface area contributed by atoms with Crippen molar-refractivity contribution in [1.82, 2.24) is 24.7 Å². The average Bonchev–Trinajstić information content (AvgIpc) is 3.04. The van der Waals surface area contributed by atoms with E-state index in [0.29, 0.717) is 49.5 Å². The number of benzene rings is 2. The molecule has 0 spiro atoms. The van der Waals surface area contributed by atoms with Crippen LogP contribution in [0.2, 0.25) is 0 Å². The Kier molecular flexibility index (Phi) is 8.33. The van der Waals surface area contributed by atoms with Crippen molar-refractivity contribution in [3.63, 3.8) is 0 Å². The highest BCUT2D eigenvalue weighted by Gasteiger charge is 2.36. The first-order valence-corrected chi connectivity index (χ1v) is 15.5. The number of carbonyl (C=O) groups excluding carboxylic acids is 2. The summed E-state index contributed by atoms with van der Waals surface area (Å²) in [7, 11) is 0. The zero-order valence-electron chi connectivity index (χ0n) is 27.4. The maximum Gasteiger partial charge on any atom is 0.319 e. The summed E-state index contributed by atoms with van der Waals surface area (Å²) in [5, 5.41) is 14.7. The van der Waals surface area contributed by atoms with Crippen molar-refractivity contribution in [1.29, 1.82) is 0 Å². The number of hydrogen-bond donors (Lipinski definition) is 2. The second kappa shape index (κ2) is 13.3. The van der Waals surface area contributed by atoms with Crippen LogP contribution >= 0.6 is 0 Å². The Labute approximate surface area is 261 Å². The number of aromatic nitrogens is 2. The zero-order valence-corrected chi connectivity index (χ0v) is 25.4. The first-order chi connectivity index (χ1) is 22.1. The molecule has 44 heavy (non-hydrogen) atoms. The fraction of sp³-hybridized carbons (Fsp3) is 0.471. The molecule has 2 N–H and O–H groups in total. The molecule has 2 atom stereocenters. The Morgan fingerprint density at radius 2 is 1.64 bits per heavy atom. The van der Waals surface area contributed by atoms with Crippen LogP contribution in [0.3, 0.4) is 0 Å². The highest BCUT2D eigenvalue weighted by Crippen LogP contribution is 2.27. The molecule has 2 saturated heterocycles. The number of nitrogens with zero attached hydrogens (tertiary/aromatic N) is 5. The Hall–Kier alpha value is -4.02. The Morgan fingerprint density at radius 1 is 0.932 bits per heavy atom. The van der Waals surface area contributed by atoms with Crippen LogP contribution in [0.4, 0.5) is 5.82 Å². The van der Waals surface area contributed by atoms with Gasteiger partial charge in [-0.2, -0.15) is 9.97 Å². The van der Waals surface area contributed by atoms with E-state index in [2.05, 4.69) is 15.3 Å². The van der Waals surface area contributed by atoms with Gasteiger partial charge in [0, 0.05) is 65.7 Å². The van der Waals surface area contributed by atoms with Crippen molar-refractivity contribution in [2.24, 2.45) is 0 Å².